The second-order valence-corrected chi connectivity index (χ2v) is 6.79. The summed E-state index contributed by atoms with van der Waals surface area (Å²) in [5, 5.41) is 10.2. The first-order chi connectivity index (χ1) is 13.0. The summed E-state index contributed by atoms with van der Waals surface area (Å²) in [6.07, 6.45) is -0.378. The molecule has 0 spiro atoms. The number of benzene rings is 2. The van der Waals surface area contributed by atoms with E-state index in [-0.39, 0.29) is 12.7 Å². The number of ether oxygens (including phenoxy) is 1. The van der Waals surface area contributed by atoms with Crippen LogP contribution >= 0.6 is 11.6 Å². The first kappa shape index (κ1) is 19.2. The molecule has 3 rings (SSSR count). The highest BCUT2D eigenvalue weighted by Gasteiger charge is 2.31. The van der Waals surface area contributed by atoms with E-state index in [1.807, 2.05) is 35.2 Å². The van der Waals surface area contributed by atoms with Gasteiger partial charge in [-0.2, -0.15) is 0 Å². The first-order valence-electron chi connectivity index (χ1n) is 8.72. The standard InChI is InChI=1S/C20H21ClN2O4/c21-17-8-6-16(7-9-17)18(19(24)25)22-10-12-23(13-11-22)20(26)27-14-15-4-2-1-3-5-15/h1-9,18H,10-14H2,(H,24,25). The summed E-state index contributed by atoms with van der Waals surface area (Å²) in [7, 11) is 0. The van der Waals surface area contributed by atoms with Crippen molar-refractivity contribution >= 4 is 23.7 Å². The summed E-state index contributed by atoms with van der Waals surface area (Å²) in [6, 6.07) is 15.5. The number of carboxylic acid groups (broad SMARTS) is 1. The van der Waals surface area contributed by atoms with Crippen molar-refractivity contribution in [3.63, 3.8) is 0 Å². The third-order valence-corrected chi connectivity index (χ3v) is 4.81. The Bertz CT molecular complexity index is 774. The summed E-state index contributed by atoms with van der Waals surface area (Å²) in [4.78, 5) is 27.5. The topological polar surface area (TPSA) is 70.1 Å². The molecule has 1 amide bonds. The SMILES string of the molecule is O=C(O)C(c1ccc(Cl)cc1)N1CCN(C(=O)OCc2ccccc2)CC1. The Balaban J connectivity index is 1.56. The van der Waals surface area contributed by atoms with E-state index in [1.54, 1.807) is 29.2 Å². The number of carbonyl (C=O) groups excluding carboxylic acids is 1. The third kappa shape index (κ3) is 4.99. The molecule has 0 radical (unpaired) electrons. The molecule has 1 aliphatic rings. The minimum atomic E-state index is -0.919. The molecule has 142 valence electrons. The molecule has 1 saturated heterocycles. The molecular weight excluding hydrogens is 368 g/mol. The van der Waals surface area contributed by atoms with Crippen LogP contribution in [0.4, 0.5) is 4.79 Å². The Kier molecular flexibility index (Phi) is 6.32. The van der Waals surface area contributed by atoms with E-state index in [9.17, 15) is 14.7 Å². The molecule has 0 aromatic heterocycles. The van der Waals surface area contributed by atoms with Crippen LogP contribution in [-0.2, 0) is 16.1 Å². The number of aliphatic carboxylic acids is 1. The molecule has 0 aliphatic carbocycles. The highest BCUT2D eigenvalue weighted by Crippen LogP contribution is 2.24. The lowest BCUT2D eigenvalue weighted by Crippen LogP contribution is -2.51. The largest absolute Gasteiger partial charge is 0.480 e. The Labute approximate surface area is 162 Å². The Morgan fingerprint density at radius 3 is 2.22 bits per heavy atom. The van der Waals surface area contributed by atoms with Gasteiger partial charge in [0.05, 0.1) is 0 Å². The van der Waals surface area contributed by atoms with E-state index in [0.717, 1.165) is 5.56 Å². The van der Waals surface area contributed by atoms with Gasteiger partial charge in [0.25, 0.3) is 0 Å². The van der Waals surface area contributed by atoms with Crippen molar-refractivity contribution in [1.29, 1.82) is 0 Å². The van der Waals surface area contributed by atoms with E-state index in [1.165, 1.54) is 0 Å². The lowest BCUT2D eigenvalue weighted by molar-refractivity contribution is -0.144. The number of hydrogen-bond donors (Lipinski definition) is 1. The maximum atomic E-state index is 12.2. The highest BCUT2D eigenvalue weighted by molar-refractivity contribution is 6.30. The molecule has 0 bridgehead atoms. The lowest BCUT2D eigenvalue weighted by Gasteiger charge is -2.37. The van der Waals surface area contributed by atoms with Crippen molar-refractivity contribution in [3.05, 3.63) is 70.7 Å². The number of rotatable bonds is 5. The van der Waals surface area contributed by atoms with Gasteiger partial charge in [0.2, 0.25) is 0 Å². The molecular formula is C20H21ClN2O4. The molecule has 1 fully saturated rings. The van der Waals surface area contributed by atoms with E-state index in [2.05, 4.69) is 0 Å². The molecule has 6 nitrogen and oxygen atoms in total. The molecule has 7 heteroatoms. The number of amides is 1. The molecule has 27 heavy (non-hydrogen) atoms. The van der Waals surface area contributed by atoms with Gasteiger partial charge < -0.3 is 14.7 Å². The normalized spacial score (nSPS) is 16.0. The number of piperazine rings is 1. The van der Waals surface area contributed by atoms with Gasteiger partial charge in [0, 0.05) is 31.2 Å². The monoisotopic (exact) mass is 388 g/mol. The summed E-state index contributed by atoms with van der Waals surface area (Å²) in [5.41, 5.74) is 1.60. The zero-order valence-electron chi connectivity index (χ0n) is 14.8. The lowest BCUT2D eigenvalue weighted by atomic mass is 10.0. The number of carboxylic acids is 1. The van der Waals surface area contributed by atoms with E-state index >= 15 is 0 Å². The Hall–Kier alpha value is -2.57. The fourth-order valence-electron chi connectivity index (χ4n) is 3.13. The van der Waals surface area contributed by atoms with Gasteiger partial charge >= 0.3 is 12.1 Å². The van der Waals surface area contributed by atoms with Crippen molar-refractivity contribution in [2.45, 2.75) is 12.6 Å². The highest BCUT2D eigenvalue weighted by atomic mass is 35.5. The van der Waals surface area contributed by atoms with Crippen LogP contribution < -0.4 is 0 Å². The number of nitrogens with zero attached hydrogens (tertiary/aromatic N) is 2. The summed E-state index contributed by atoms with van der Waals surface area (Å²) >= 11 is 5.89. The fraction of sp³-hybridized carbons (Fsp3) is 0.300. The fourth-order valence-corrected chi connectivity index (χ4v) is 3.25. The van der Waals surface area contributed by atoms with Gasteiger partial charge in [0.1, 0.15) is 12.6 Å². The first-order valence-corrected chi connectivity index (χ1v) is 9.10. The summed E-state index contributed by atoms with van der Waals surface area (Å²) in [6.45, 7) is 1.98. The van der Waals surface area contributed by atoms with Crippen molar-refractivity contribution in [2.24, 2.45) is 0 Å². The van der Waals surface area contributed by atoms with E-state index in [4.69, 9.17) is 16.3 Å². The minimum Gasteiger partial charge on any atom is -0.480 e. The Morgan fingerprint density at radius 1 is 1.00 bits per heavy atom. The van der Waals surface area contributed by atoms with Gasteiger partial charge in [-0.1, -0.05) is 54.1 Å². The predicted octanol–water partition coefficient (Wildman–Crippen LogP) is 3.42. The van der Waals surface area contributed by atoms with Crippen LogP contribution in [0.15, 0.2) is 54.6 Å². The van der Waals surface area contributed by atoms with Crippen LogP contribution in [0.3, 0.4) is 0 Å². The predicted molar refractivity (Wildman–Crippen MR) is 102 cm³/mol. The second kappa shape index (κ2) is 8.88. The quantitative estimate of drug-likeness (QED) is 0.849. The molecule has 1 N–H and O–H groups in total. The van der Waals surface area contributed by atoms with Gasteiger partial charge in [0.15, 0.2) is 0 Å². The molecule has 1 atom stereocenters. The summed E-state index contributed by atoms with van der Waals surface area (Å²) < 4.78 is 5.35. The molecule has 0 saturated carbocycles. The average molecular weight is 389 g/mol. The van der Waals surface area contributed by atoms with Crippen molar-refractivity contribution in [1.82, 2.24) is 9.80 Å². The molecule has 1 unspecified atom stereocenters. The molecule has 2 aromatic rings. The van der Waals surface area contributed by atoms with Crippen molar-refractivity contribution < 1.29 is 19.4 Å². The number of carbonyl (C=O) groups is 2. The van der Waals surface area contributed by atoms with Crippen LogP contribution in [0.1, 0.15) is 17.2 Å². The maximum absolute atomic E-state index is 12.2. The maximum Gasteiger partial charge on any atom is 0.410 e. The van der Waals surface area contributed by atoms with Crippen LogP contribution in [-0.4, -0.2) is 53.1 Å². The van der Waals surface area contributed by atoms with E-state index in [0.29, 0.717) is 36.8 Å². The van der Waals surface area contributed by atoms with Crippen LogP contribution in [0.25, 0.3) is 0 Å². The van der Waals surface area contributed by atoms with Crippen molar-refractivity contribution in [2.75, 3.05) is 26.2 Å². The zero-order valence-corrected chi connectivity index (χ0v) is 15.5. The number of hydrogen-bond acceptors (Lipinski definition) is 4. The van der Waals surface area contributed by atoms with Gasteiger partial charge in [-0.3, -0.25) is 9.69 Å². The van der Waals surface area contributed by atoms with Crippen LogP contribution in [0.2, 0.25) is 5.02 Å². The minimum absolute atomic E-state index is 0.225. The Morgan fingerprint density at radius 2 is 1.63 bits per heavy atom. The molecule has 2 aromatic carbocycles. The molecule has 1 heterocycles. The second-order valence-electron chi connectivity index (χ2n) is 6.36. The van der Waals surface area contributed by atoms with Gasteiger partial charge in [-0.25, -0.2) is 4.79 Å². The number of halogens is 1. The van der Waals surface area contributed by atoms with Crippen LogP contribution in [0.5, 0.6) is 0 Å². The molecule has 1 aliphatic heterocycles. The van der Waals surface area contributed by atoms with Crippen molar-refractivity contribution in [3.8, 4) is 0 Å². The summed E-state index contributed by atoms with van der Waals surface area (Å²) in [5.74, 6) is -0.919. The van der Waals surface area contributed by atoms with Crippen LogP contribution in [0, 0.1) is 0 Å². The third-order valence-electron chi connectivity index (χ3n) is 4.56. The van der Waals surface area contributed by atoms with Gasteiger partial charge in [-0.05, 0) is 23.3 Å². The smallest absolute Gasteiger partial charge is 0.410 e. The zero-order chi connectivity index (χ0) is 19.2. The van der Waals surface area contributed by atoms with E-state index < -0.39 is 12.0 Å². The average Bonchev–Trinajstić information content (AvgIpc) is 2.69. The van der Waals surface area contributed by atoms with Gasteiger partial charge in [-0.15, -0.1) is 0 Å².